The lowest BCUT2D eigenvalue weighted by atomic mass is 10.2. The van der Waals surface area contributed by atoms with E-state index in [1.807, 2.05) is 47.4 Å². The highest BCUT2D eigenvalue weighted by Gasteiger charge is 1.98. The van der Waals surface area contributed by atoms with Crippen molar-refractivity contribution in [3.63, 3.8) is 0 Å². The molecule has 78 valence electrons. The molecule has 0 aliphatic rings. The summed E-state index contributed by atoms with van der Waals surface area (Å²) in [6.07, 6.45) is 3.93. The van der Waals surface area contributed by atoms with Crippen LogP contribution < -0.4 is 5.43 Å². The van der Waals surface area contributed by atoms with Crippen LogP contribution in [0.4, 0.5) is 0 Å². The number of nitrogens with zero attached hydrogens (tertiary/aromatic N) is 1. The predicted octanol–water partition coefficient (Wildman–Crippen LogP) is 3.65. The van der Waals surface area contributed by atoms with Gasteiger partial charge in [-0.2, -0.15) is 0 Å². The maximum Gasteiger partial charge on any atom is 0.0564 e. The molecule has 2 aromatic rings. The van der Waals surface area contributed by atoms with Crippen molar-refractivity contribution >= 4 is 27.5 Å². The average Bonchev–Trinajstić information content (AvgIpc) is 2.73. The van der Waals surface area contributed by atoms with Gasteiger partial charge in [-0.05, 0) is 45.8 Å². The van der Waals surface area contributed by atoms with E-state index in [4.69, 9.17) is 11.6 Å². The fourth-order valence-corrected chi connectivity index (χ4v) is 1.82. The minimum absolute atomic E-state index is 0.736. The summed E-state index contributed by atoms with van der Waals surface area (Å²) >= 11 is 9.31. The number of benzene rings is 1. The molecule has 0 spiro atoms. The SMILES string of the molecule is Clc1ccc(CNn2cccc2)cc1Br. The molecular weight excluding hydrogens is 275 g/mol. The molecule has 2 nitrogen and oxygen atoms in total. The Labute approximate surface area is 102 Å². The molecular formula is C11H10BrClN2. The summed E-state index contributed by atoms with van der Waals surface area (Å²) in [4.78, 5) is 0. The van der Waals surface area contributed by atoms with Gasteiger partial charge in [-0.15, -0.1) is 0 Å². The van der Waals surface area contributed by atoms with Crippen LogP contribution in [-0.2, 0) is 6.54 Å². The largest absolute Gasteiger partial charge is 0.322 e. The van der Waals surface area contributed by atoms with Crippen molar-refractivity contribution < 1.29 is 0 Å². The third kappa shape index (κ3) is 2.76. The van der Waals surface area contributed by atoms with E-state index < -0.39 is 0 Å². The molecule has 2 rings (SSSR count). The van der Waals surface area contributed by atoms with Crippen LogP contribution in [0.5, 0.6) is 0 Å². The van der Waals surface area contributed by atoms with Gasteiger partial charge in [0, 0.05) is 16.9 Å². The monoisotopic (exact) mass is 284 g/mol. The maximum atomic E-state index is 5.91. The summed E-state index contributed by atoms with van der Waals surface area (Å²) in [6, 6.07) is 9.86. The van der Waals surface area contributed by atoms with Gasteiger partial charge in [0.2, 0.25) is 0 Å². The summed E-state index contributed by atoms with van der Waals surface area (Å²) in [5.41, 5.74) is 4.42. The molecule has 0 radical (unpaired) electrons. The molecule has 0 bridgehead atoms. The van der Waals surface area contributed by atoms with Gasteiger partial charge in [-0.25, -0.2) is 0 Å². The summed E-state index contributed by atoms with van der Waals surface area (Å²) in [7, 11) is 0. The Morgan fingerprint density at radius 1 is 1.27 bits per heavy atom. The molecule has 0 aliphatic heterocycles. The minimum atomic E-state index is 0.736. The maximum absolute atomic E-state index is 5.91. The zero-order valence-electron chi connectivity index (χ0n) is 7.95. The summed E-state index contributed by atoms with van der Waals surface area (Å²) in [6.45, 7) is 0.768. The molecule has 0 amide bonds. The van der Waals surface area contributed by atoms with Gasteiger partial charge >= 0.3 is 0 Å². The van der Waals surface area contributed by atoms with Crippen LogP contribution in [-0.4, -0.2) is 4.68 Å². The standard InChI is InChI=1S/C11H10BrClN2/c12-10-7-9(3-4-11(10)13)8-14-15-5-1-2-6-15/h1-7,14H,8H2. The second-order valence-corrected chi connectivity index (χ2v) is 4.44. The first-order valence-corrected chi connectivity index (χ1v) is 5.73. The van der Waals surface area contributed by atoms with Crippen LogP contribution >= 0.6 is 27.5 Å². The van der Waals surface area contributed by atoms with Crippen molar-refractivity contribution in [2.75, 3.05) is 5.43 Å². The van der Waals surface area contributed by atoms with Crippen LogP contribution in [0.15, 0.2) is 47.2 Å². The smallest absolute Gasteiger partial charge is 0.0564 e. The molecule has 0 saturated heterocycles. The molecule has 1 heterocycles. The number of nitrogens with one attached hydrogen (secondary N) is 1. The number of rotatable bonds is 3. The number of halogens is 2. The van der Waals surface area contributed by atoms with E-state index in [0.29, 0.717) is 0 Å². The van der Waals surface area contributed by atoms with E-state index in [0.717, 1.165) is 16.0 Å². The highest BCUT2D eigenvalue weighted by molar-refractivity contribution is 9.10. The minimum Gasteiger partial charge on any atom is -0.322 e. The number of hydrogen-bond acceptors (Lipinski definition) is 1. The van der Waals surface area contributed by atoms with Gasteiger partial charge in [0.25, 0.3) is 0 Å². The highest BCUT2D eigenvalue weighted by Crippen LogP contribution is 2.23. The average molecular weight is 286 g/mol. The van der Waals surface area contributed by atoms with Crippen molar-refractivity contribution in [2.24, 2.45) is 0 Å². The van der Waals surface area contributed by atoms with Crippen molar-refractivity contribution in [2.45, 2.75) is 6.54 Å². The topological polar surface area (TPSA) is 17.0 Å². The third-order valence-corrected chi connectivity index (χ3v) is 3.27. The van der Waals surface area contributed by atoms with Crippen LogP contribution in [0.2, 0.25) is 5.02 Å². The molecule has 0 aliphatic carbocycles. The first-order chi connectivity index (χ1) is 7.25. The lowest BCUT2D eigenvalue weighted by Crippen LogP contribution is -2.11. The molecule has 0 atom stereocenters. The summed E-state index contributed by atoms with van der Waals surface area (Å²) in [5, 5.41) is 0.736. The van der Waals surface area contributed by atoms with Gasteiger partial charge in [-0.3, -0.25) is 4.68 Å². The van der Waals surface area contributed by atoms with E-state index in [9.17, 15) is 0 Å². The highest BCUT2D eigenvalue weighted by atomic mass is 79.9. The van der Waals surface area contributed by atoms with Gasteiger partial charge in [0.15, 0.2) is 0 Å². The van der Waals surface area contributed by atoms with Gasteiger partial charge in [0.1, 0.15) is 0 Å². The zero-order chi connectivity index (χ0) is 10.7. The Kier molecular flexibility index (Phi) is 3.34. The van der Waals surface area contributed by atoms with Crippen molar-refractivity contribution in [1.29, 1.82) is 0 Å². The van der Waals surface area contributed by atoms with E-state index in [1.54, 1.807) is 0 Å². The second kappa shape index (κ2) is 4.73. The molecule has 0 fully saturated rings. The van der Waals surface area contributed by atoms with Crippen molar-refractivity contribution in [3.05, 3.63) is 57.8 Å². The number of hydrogen-bond donors (Lipinski definition) is 1. The second-order valence-electron chi connectivity index (χ2n) is 3.17. The van der Waals surface area contributed by atoms with E-state index in [-0.39, 0.29) is 0 Å². The van der Waals surface area contributed by atoms with E-state index >= 15 is 0 Å². The predicted molar refractivity (Wildman–Crippen MR) is 66.6 cm³/mol. The molecule has 0 saturated carbocycles. The Bertz CT molecular complexity index is 440. The van der Waals surface area contributed by atoms with Crippen molar-refractivity contribution in [1.82, 2.24) is 4.68 Å². The summed E-state index contributed by atoms with van der Waals surface area (Å²) < 4.78 is 2.85. The normalized spacial score (nSPS) is 10.3. The Morgan fingerprint density at radius 2 is 2.00 bits per heavy atom. The Hall–Kier alpha value is -0.930. The Balaban J connectivity index is 2.02. The van der Waals surface area contributed by atoms with Crippen molar-refractivity contribution in [3.8, 4) is 0 Å². The Morgan fingerprint density at radius 3 is 2.67 bits per heavy atom. The van der Waals surface area contributed by atoms with E-state index in [1.165, 1.54) is 5.56 Å². The molecule has 1 aromatic heterocycles. The first-order valence-electron chi connectivity index (χ1n) is 4.56. The molecule has 1 aromatic carbocycles. The first kappa shape index (κ1) is 10.6. The van der Waals surface area contributed by atoms with Gasteiger partial charge in [-0.1, -0.05) is 17.7 Å². The lowest BCUT2D eigenvalue weighted by Gasteiger charge is -2.08. The molecule has 1 N–H and O–H groups in total. The molecule has 15 heavy (non-hydrogen) atoms. The van der Waals surface area contributed by atoms with Crippen LogP contribution in [0, 0.1) is 0 Å². The fraction of sp³-hybridized carbons (Fsp3) is 0.0909. The summed E-state index contributed by atoms with van der Waals surface area (Å²) in [5.74, 6) is 0. The van der Waals surface area contributed by atoms with Gasteiger partial charge < -0.3 is 5.43 Å². The lowest BCUT2D eigenvalue weighted by molar-refractivity contribution is 0.847. The van der Waals surface area contributed by atoms with Crippen LogP contribution in [0.25, 0.3) is 0 Å². The van der Waals surface area contributed by atoms with Crippen LogP contribution in [0.1, 0.15) is 5.56 Å². The molecule has 4 heteroatoms. The fourth-order valence-electron chi connectivity index (χ4n) is 1.27. The quantitative estimate of drug-likeness (QED) is 0.911. The molecule has 0 unspecified atom stereocenters. The third-order valence-electron chi connectivity index (χ3n) is 2.05. The van der Waals surface area contributed by atoms with E-state index in [2.05, 4.69) is 21.4 Å². The van der Waals surface area contributed by atoms with Crippen LogP contribution in [0.3, 0.4) is 0 Å². The van der Waals surface area contributed by atoms with Gasteiger partial charge in [0.05, 0.1) is 11.6 Å². The zero-order valence-corrected chi connectivity index (χ0v) is 10.3. The number of aromatic nitrogens is 1.